The van der Waals surface area contributed by atoms with Crippen molar-refractivity contribution in [3.05, 3.63) is 28.6 Å². The van der Waals surface area contributed by atoms with E-state index in [0.29, 0.717) is 19.5 Å². The molecule has 28 heavy (non-hydrogen) atoms. The van der Waals surface area contributed by atoms with Gasteiger partial charge in [0.15, 0.2) is 0 Å². The van der Waals surface area contributed by atoms with Gasteiger partial charge in [0.25, 0.3) is 0 Å². The molecular weight excluding hydrogens is 392 g/mol. The normalized spacial score (nSPS) is 15.4. The molecule has 0 atom stereocenters. The van der Waals surface area contributed by atoms with Crippen molar-refractivity contribution in [1.82, 2.24) is 19.7 Å². The summed E-state index contributed by atoms with van der Waals surface area (Å²) in [5.74, 6) is 0.299. The average Bonchev–Trinajstić information content (AvgIpc) is 3.32. The Labute approximate surface area is 174 Å². The van der Waals surface area contributed by atoms with Crippen LogP contribution < -0.4 is 0 Å². The Balaban J connectivity index is 1.51. The first-order chi connectivity index (χ1) is 13.6. The molecule has 0 aliphatic carbocycles. The third kappa shape index (κ3) is 5.40. The van der Waals surface area contributed by atoms with E-state index in [9.17, 15) is 9.59 Å². The van der Waals surface area contributed by atoms with Crippen LogP contribution in [0.15, 0.2) is 22.9 Å². The average molecular weight is 421 g/mol. The molecule has 0 unspecified atom stereocenters. The van der Waals surface area contributed by atoms with Crippen LogP contribution in [0.25, 0.3) is 9.88 Å². The van der Waals surface area contributed by atoms with Gasteiger partial charge in [-0.3, -0.25) is 14.5 Å². The van der Waals surface area contributed by atoms with E-state index in [1.165, 1.54) is 0 Å². The first-order valence-electron chi connectivity index (χ1n) is 9.86. The second-order valence-corrected chi connectivity index (χ2v) is 8.68. The van der Waals surface area contributed by atoms with Gasteiger partial charge in [-0.2, -0.15) is 0 Å². The van der Waals surface area contributed by atoms with Gasteiger partial charge in [0.1, 0.15) is 5.01 Å². The minimum absolute atomic E-state index is 0.125. The molecule has 2 aromatic heterocycles. The van der Waals surface area contributed by atoms with Gasteiger partial charge in [-0.05, 0) is 31.7 Å². The minimum Gasteiger partial charge on any atom is -0.342 e. The summed E-state index contributed by atoms with van der Waals surface area (Å²) in [7, 11) is 0. The summed E-state index contributed by atoms with van der Waals surface area (Å²) in [5.41, 5.74) is 0.844. The zero-order valence-electron chi connectivity index (χ0n) is 16.6. The van der Waals surface area contributed by atoms with Gasteiger partial charge in [0.05, 0.1) is 23.5 Å². The number of carbonyl (C=O) groups is 2. The van der Waals surface area contributed by atoms with Crippen LogP contribution in [0.5, 0.6) is 0 Å². The number of hydrogen-bond donors (Lipinski definition) is 0. The number of thiazole rings is 1. The van der Waals surface area contributed by atoms with Crippen molar-refractivity contribution in [1.29, 1.82) is 0 Å². The molecule has 0 radical (unpaired) electrons. The lowest BCUT2D eigenvalue weighted by Crippen LogP contribution is -2.42. The van der Waals surface area contributed by atoms with E-state index >= 15 is 0 Å². The minimum atomic E-state index is 0.125. The molecule has 1 saturated heterocycles. The standard InChI is InChI=1S/C20H28N4O2S2/c1-3-23(4-2)19(26)14-22-8-6-9-24(11-10-22)18(25)13-16-15-28-20(21-16)17-7-5-12-27-17/h5,7,12,15H,3-4,6,8-11,13-14H2,1-2H3. The fraction of sp³-hybridized carbons (Fsp3) is 0.550. The Kier molecular flexibility index (Phi) is 7.58. The highest BCUT2D eigenvalue weighted by atomic mass is 32.1. The fourth-order valence-electron chi connectivity index (χ4n) is 3.41. The van der Waals surface area contributed by atoms with E-state index in [2.05, 4.69) is 16.0 Å². The summed E-state index contributed by atoms with van der Waals surface area (Å²) < 4.78 is 0. The molecule has 0 spiro atoms. The third-order valence-corrected chi connectivity index (χ3v) is 6.96. The molecule has 0 saturated carbocycles. The van der Waals surface area contributed by atoms with Crippen molar-refractivity contribution in [2.45, 2.75) is 26.7 Å². The molecule has 3 heterocycles. The molecule has 1 aliphatic rings. The van der Waals surface area contributed by atoms with Gasteiger partial charge < -0.3 is 9.80 Å². The number of carbonyl (C=O) groups excluding carboxylic acids is 2. The quantitative estimate of drug-likeness (QED) is 0.691. The maximum atomic E-state index is 12.7. The topological polar surface area (TPSA) is 56.8 Å². The third-order valence-electron chi connectivity index (χ3n) is 5.03. The molecule has 8 heteroatoms. The maximum Gasteiger partial charge on any atom is 0.236 e. The van der Waals surface area contributed by atoms with E-state index < -0.39 is 0 Å². The highest BCUT2D eigenvalue weighted by molar-refractivity contribution is 7.20. The summed E-state index contributed by atoms with van der Waals surface area (Å²) in [4.78, 5) is 36.8. The smallest absolute Gasteiger partial charge is 0.236 e. The largest absolute Gasteiger partial charge is 0.342 e. The van der Waals surface area contributed by atoms with Crippen LogP contribution in [0.4, 0.5) is 0 Å². The lowest BCUT2D eigenvalue weighted by molar-refractivity contribution is -0.132. The van der Waals surface area contributed by atoms with E-state index in [1.807, 2.05) is 40.5 Å². The van der Waals surface area contributed by atoms with Gasteiger partial charge in [0, 0.05) is 44.6 Å². The molecule has 2 aromatic rings. The number of amides is 2. The monoisotopic (exact) mass is 420 g/mol. The molecule has 152 valence electrons. The van der Waals surface area contributed by atoms with Gasteiger partial charge >= 0.3 is 0 Å². The van der Waals surface area contributed by atoms with Crippen LogP contribution in [0.2, 0.25) is 0 Å². The SMILES string of the molecule is CCN(CC)C(=O)CN1CCCN(C(=O)Cc2csc(-c3cccs3)n2)CC1. The van der Waals surface area contributed by atoms with Gasteiger partial charge in [-0.1, -0.05) is 6.07 Å². The van der Waals surface area contributed by atoms with Crippen molar-refractivity contribution >= 4 is 34.5 Å². The van der Waals surface area contributed by atoms with Crippen LogP contribution in [0.3, 0.4) is 0 Å². The Bertz CT molecular complexity index is 771. The highest BCUT2D eigenvalue weighted by Crippen LogP contribution is 2.28. The Morgan fingerprint density at radius 3 is 2.68 bits per heavy atom. The summed E-state index contributed by atoms with van der Waals surface area (Å²) in [6.07, 6.45) is 1.25. The Morgan fingerprint density at radius 1 is 1.14 bits per heavy atom. The molecule has 1 fully saturated rings. The van der Waals surface area contributed by atoms with Crippen LogP contribution in [-0.4, -0.2) is 77.3 Å². The summed E-state index contributed by atoms with van der Waals surface area (Å²) in [6.45, 7) is 8.97. The second kappa shape index (κ2) is 10.1. The predicted octanol–water partition coefficient (Wildman–Crippen LogP) is 2.82. The number of aromatic nitrogens is 1. The van der Waals surface area contributed by atoms with E-state index in [4.69, 9.17) is 0 Å². The number of hydrogen-bond acceptors (Lipinski definition) is 6. The van der Waals surface area contributed by atoms with Crippen LogP contribution in [0, 0.1) is 0 Å². The van der Waals surface area contributed by atoms with E-state index in [1.54, 1.807) is 22.7 Å². The molecular formula is C20H28N4O2S2. The van der Waals surface area contributed by atoms with Gasteiger partial charge in [-0.15, -0.1) is 22.7 Å². The van der Waals surface area contributed by atoms with Crippen molar-refractivity contribution < 1.29 is 9.59 Å². The second-order valence-electron chi connectivity index (χ2n) is 6.87. The molecule has 6 nitrogen and oxygen atoms in total. The molecule has 0 N–H and O–H groups in total. The zero-order chi connectivity index (χ0) is 19.9. The number of rotatable bonds is 7. The lowest BCUT2D eigenvalue weighted by Gasteiger charge is -2.25. The Hall–Kier alpha value is -1.77. The highest BCUT2D eigenvalue weighted by Gasteiger charge is 2.22. The van der Waals surface area contributed by atoms with Crippen molar-refractivity contribution in [2.24, 2.45) is 0 Å². The van der Waals surface area contributed by atoms with E-state index in [0.717, 1.165) is 54.7 Å². The van der Waals surface area contributed by atoms with Crippen molar-refractivity contribution in [2.75, 3.05) is 45.8 Å². The number of likely N-dealkylation sites (N-methyl/N-ethyl adjacent to an activating group) is 1. The molecule has 2 amide bonds. The number of nitrogens with zero attached hydrogens (tertiary/aromatic N) is 4. The van der Waals surface area contributed by atoms with Crippen LogP contribution in [0.1, 0.15) is 26.0 Å². The maximum absolute atomic E-state index is 12.7. The molecule has 0 bridgehead atoms. The molecule has 1 aliphatic heterocycles. The van der Waals surface area contributed by atoms with Crippen LogP contribution >= 0.6 is 22.7 Å². The first-order valence-corrected chi connectivity index (χ1v) is 11.6. The van der Waals surface area contributed by atoms with Gasteiger partial charge in [-0.25, -0.2) is 4.98 Å². The summed E-state index contributed by atoms with van der Waals surface area (Å²) in [5, 5.41) is 5.00. The Morgan fingerprint density at radius 2 is 1.96 bits per heavy atom. The van der Waals surface area contributed by atoms with Crippen molar-refractivity contribution in [3.8, 4) is 9.88 Å². The summed E-state index contributed by atoms with van der Waals surface area (Å²) in [6, 6.07) is 4.07. The summed E-state index contributed by atoms with van der Waals surface area (Å²) >= 11 is 3.26. The lowest BCUT2D eigenvalue weighted by atomic mass is 10.3. The fourth-order valence-corrected chi connectivity index (χ4v) is 5.05. The molecule has 3 rings (SSSR count). The number of thiophene rings is 1. The van der Waals surface area contributed by atoms with Gasteiger partial charge in [0.2, 0.25) is 11.8 Å². The molecule has 0 aromatic carbocycles. The van der Waals surface area contributed by atoms with Crippen molar-refractivity contribution in [3.63, 3.8) is 0 Å². The van der Waals surface area contributed by atoms with E-state index in [-0.39, 0.29) is 11.8 Å². The predicted molar refractivity (Wildman–Crippen MR) is 115 cm³/mol. The zero-order valence-corrected chi connectivity index (χ0v) is 18.2. The van der Waals surface area contributed by atoms with Crippen LogP contribution in [-0.2, 0) is 16.0 Å². The first kappa shape index (κ1) is 21.0.